The van der Waals surface area contributed by atoms with E-state index >= 15 is 0 Å². The van der Waals surface area contributed by atoms with Crippen LogP contribution in [0.4, 0.5) is 0 Å². The minimum atomic E-state index is -1.03. The van der Waals surface area contributed by atoms with E-state index in [0.29, 0.717) is 5.76 Å². The number of rotatable bonds is 6. The van der Waals surface area contributed by atoms with E-state index in [4.69, 9.17) is 14.4 Å². The largest absolute Gasteiger partial charge is 0.481 e. The Morgan fingerprint density at radius 3 is 2.78 bits per heavy atom. The van der Waals surface area contributed by atoms with E-state index < -0.39 is 17.3 Å². The topological polar surface area (TPSA) is 102 Å². The van der Waals surface area contributed by atoms with Gasteiger partial charge in [0, 0.05) is 19.7 Å². The van der Waals surface area contributed by atoms with Gasteiger partial charge >= 0.3 is 5.97 Å². The van der Waals surface area contributed by atoms with Gasteiger partial charge in [-0.05, 0) is 13.8 Å². The average molecular weight is 256 g/mol. The van der Waals surface area contributed by atoms with Crippen molar-refractivity contribution in [2.24, 2.45) is 5.41 Å². The summed E-state index contributed by atoms with van der Waals surface area (Å²) in [6.07, 6.45) is 0. The van der Waals surface area contributed by atoms with Crippen LogP contribution in [0.1, 0.15) is 30.1 Å². The molecule has 1 aromatic heterocycles. The molecule has 7 nitrogen and oxygen atoms in total. The number of hydrogen-bond acceptors (Lipinski definition) is 5. The van der Waals surface area contributed by atoms with Crippen molar-refractivity contribution in [3.63, 3.8) is 0 Å². The Morgan fingerprint density at radius 1 is 1.56 bits per heavy atom. The maximum absolute atomic E-state index is 11.7. The highest BCUT2D eigenvalue weighted by molar-refractivity contribution is 5.92. The number of carboxylic acids is 1. The zero-order chi connectivity index (χ0) is 13.8. The number of carboxylic acid groups (broad SMARTS) is 1. The van der Waals surface area contributed by atoms with Crippen LogP contribution in [0.15, 0.2) is 10.6 Å². The summed E-state index contributed by atoms with van der Waals surface area (Å²) in [5.41, 5.74) is -0.933. The number of ether oxygens (including phenoxy) is 1. The van der Waals surface area contributed by atoms with Crippen LogP contribution in [-0.4, -0.2) is 35.8 Å². The molecule has 18 heavy (non-hydrogen) atoms. The van der Waals surface area contributed by atoms with Gasteiger partial charge in [-0.1, -0.05) is 5.16 Å². The fourth-order valence-electron chi connectivity index (χ4n) is 1.10. The molecule has 0 aromatic carbocycles. The van der Waals surface area contributed by atoms with Crippen LogP contribution in [-0.2, 0) is 16.1 Å². The molecule has 0 radical (unpaired) electrons. The quantitative estimate of drug-likeness (QED) is 0.775. The standard InChI is InChI=1S/C11H16N2O5/c1-11(2,10(15)16)6-12-9(14)8-4-7(5-17-3)18-13-8/h4H,5-6H2,1-3H3,(H,12,14)(H,15,16). The maximum Gasteiger partial charge on any atom is 0.310 e. The minimum absolute atomic E-state index is 0.00758. The summed E-state index contributed by atoms with van der Waals surface area (Å²) >= 11 is 0. The Hall–Kier alpha value is -1.89. The highest BCUT2D eigenvalue weighted by atomic mass is 16.5. The fourth-order valence-corrected chi connectivity index (χ4v) is 1.10. The first kappa shape index (κ1) is 14.2. The first-order valence-electron chi connectivity index (χ1n) is 5.33. The maximum atomic E-state index is 11.7. The summed E-state index contributed by atoms with van der Waals surface area (Å²) in [7, 11) is 1.50. The molecule has 100 valence electrons. The number of hydrogen-bond donors (Lipinski definition) is 2. The highest BCUT2D eigenvalue weighted by Gasteiger charge is 2.28. The number of nitrogens with zero attached hydrogens (tertiary/aromatic N) is 1. The molecule has 2 N–H and O–H groups in total. The van der Waals surface area contributed by atoms with Crippen molar-refractivity contribution < 1.29 is 24.0 Å². The van der Waals surface area contributed by atoms with E-state index in [1.807, 2.05) is 0 Å². The lowest BCUT2D eigenvalue weighted by molar-refractivity contribution is -0.146. The molecule has 0 saturated heterocycles. The van der Waals surface area contributed by atoms with E-state index in [2.05, 4.69) is 10.5 Å². The minimum Gasteiger partial charge on any atom is -0.481 e. The smallest absolute Gasteiger partial charge is 0.310 e. The Bertz CT molecular complexity index is 438. The molecule has 1 heterocycles. The zero-order valence-corrected chi connectivity index (χ0v) is 10.5. The first-order chi connectivity index (χ1) is 8.36. The predicted octanol–water partition coefficient (Wildman–Crippen LogP) is 0.662. The molecule has 1 amide bonds. The highest BCUT2D eigenvalue weighted by Crippen LogP contribution is 2.13. The predicted molar refractivity (Wildman–Crippen MR) is 61.0 cm³/mol. The van der Waals surface area contributed by atoms with Gasteiger partial charge in [0.25, 0.3) is 5.91 Å². The van der Waals surface area contributed by atoms with Crippen LogP contribution in [0.3, 0.4) is 0 Å². The van der Waals surface area contributed by atoms with Gasteiger partial charge in [-0.25, -0.2) is 0 Å². The second-order valence-corrected chi connectivity index (χ2v) is 4.48. The van der Waals surface area contributed by atoms with Crippen molar-refractivity contribution in [2.75, 3.05) is 13.7 Å². The van der Waals surface area contributed by atoms with E-state index in [0.717, 1.165) is 0 Å². The third-order valence-corrected chi connectivity index (χ3v) is 2.35. The van der Waals surface area contributed by atoms with Crippen LogP contribution in [0.2, 0.25) is 0 Å². The van der Waals surface area contributed by atoms with Gasteiger partial charge in [-0.3, -0.25) is 9.59 Å². The second-order valence-electron chi connectivity index (χ2n) is 4.48. The van der Waals surface area contributed by atoms with Gasteiger partial charge in [0.15, 0.2) is 11.5 Å². The van der Waals surface area contributed by atoms with Crippen LogP contribution in [0.25, 0.3) is 0 Å². The lowest BCUT2D eigenvalue weighted by atomic mass is 9.94. The molecule has 1 aromatic rings. The number of carbonyl (C=O) groups is 2. The molecule has 0 fully saturated rings. The van der Waals surface area contributed by atoms with Crippen LogP contribution >= 0.6 is 0 Å². The number of nitrogens with one attached hydrogen (secondary N) is 1. The lowest BCUT2D eigenvalue weighted by Gasteiger charge is -2.18. The zero-order valence-electron chi connectivity index (χ0n) is 10.5. The molecule has 0 bridgehead atoms. The summed E-state index contributed by atoms with van der Waals surface area (Å²) in [5, 5.41) is 15.0. The van der Waals surface area contributed by atoms with Gasteiger partial charge in [0.2, 0.25) is 0 Å². The lowest BCUT2D eigenvalue weighted by Crippen LogP contribution is -2.39. The summed E-state index contributed by atoms with van der Waals surface area (Å²) in [4.78, 5) is 22.5. The summed E-state index contributed by atoms with van der Waals surface area (Å²) < 4.78 is 9.68. The average Bonchev–Trinajstić information content (AvgIpc) is 2.75. The summed E-state index contributed by atoms with van der Waals surface area (Å²) in [6, 6.07) is 1.45. The Labute approximate surface area is 104 Å². The first-order valence-corrected chi connectivity index (χ1v) is 5.33. The molecule has 0 unspecified atom stereocenters. The normalized spacial score (nSPS) is 11.3. The Kier molecular flexibility index (Phi) is 4.43. The third kappa shape index (κ3) is 3.56. The fraction of sp³-hybridized carbons (Fsp3) is 0.545. The van der Waals surface area contributed by atoms with Crippen LogP contribution in [0, 0.1) is 5.41 Å². The number of carbonyl (C=O) groups excluding carboxylic acids is 1. The molecule has 7 heteroatoms. The Morgan fingerprint density at radius 2 is 2.22 bits per heavy atom. The van der Waals surface area contributed by atoms with Crippen LogP contribution < -0.4 is 5.32 Å². The van der Waals surface area contributed by atoms with E-state index in [9.17, 15) is 9.59 Å². The van der Waals surface area contributed by atoms with Gasteiger partial charge in [0.1, 0.15) is 6.61 Å². The molecule has 0 aliphatic heterocycles. The number of amides is 1. The van der Waals surface area contributed by atoms with E-state index in [1.165, 1.54) is 27.0 Å². The van der Waals surface area contributed by atoms with Crippen LogP contribution in [0.5, 0.6) is 0 Å². The SMILES string of the molecule is COCc1cc(C(=O)NCC(C)(C)C(=O)O)no1. The van der Waals surface area contributed by atoms with Crippen molar-refractivity contribution in [1.82, 2.24) is 10.5 Å². The molecule has 0 aliphatic rings. The number of methoxy groups -OCH3 is 1. The Balaban J connectivity index is 2.57. The van der Waals surface area contributed by atoms with Crippen molar-refractivity contribution in [3.8, 4) is 0 Å². The molecular formula is C11H16N2O5. The second kappa shape index (κ2) is 5.63. The van der Waals surface area contributed by atoms with Crippen molar-refractivity contribution in [2.45, 2.75) is 20.5 Å². The number of aliphatic carboxylic acids is 1. The van der Waals surface area contributed by atoms with E-state index in [-0.39, 0.29) is 18.8 Å². The van der Waals surface area contributed by atoms with Gasteiger partial charge in [-0.2, -0.15) is 0 Å². The monoisotopic (exact) mass is 256 g/mol. The van der Waals surface area contributed by atoms with Gasteiger partial charge < -0.3 is 19.7 Å². The van der Waals surface area contributed by atoms with Gasteiger partial charge in [-0.15, -0.1) is 0 Å². The molecule has 0 aliphatic carbocycles. The molecular weight excluding hydrogens is 240 g/mol. The molecule has 0 saturated carbocycles. The molecule has 0 atom stereocenters. The molecule has 1 rings (SSSR count). The molecule has 0 spiro atoms. The van der Waals surface area contributed by atoms with Gasteiger partial charge in [0.05, 0.1) is 5.41 Å². The van der Waals surface area contributed by atoms with E-state index in [1.54, 1.807) is 0 Å². The summed E-state index contributed by atoms with van der Waals surface area (Å²) in [5.74, 6) is -1.03. The van der Waals surface area contributed by atoms with Crippen molar-refractivity contribution >= 4 is 11.9 Å². The van der Waals surface area contributed by atoms with Crippen molar-refractivity contribution in [1.29, 1.82) is 0 Å². The third-order valence-electron chi connectivity index (χ3n) is 2.35. The number of aromatic nitrogens is 1. The summed E-state index contributed by atoms with van der Waals surface area (Å²) in [6.45, 7) is 3.28. The van der Waals surface area contributed by atoms with Crippen molar-refractivity contribution in [3.05, 3.63) is 17.5 Å².